The lowest BCUT2D eigenvalue weighted by atomic mass is 9.94. The van der Waals surface area contributed by atoms with Gasteiger partial charge in [-0.3, -0.25) is 0 Å². The Morgan fingerprint density at radius 1 is 0.833 bits per heavy atom. The Morgan fingerprint density at radius 2 is 1.46 bits per heavy atom. The quantitative estimate of drug-likeness (QED) is 0.340. The van der Waals surface area contributed by atoms with Crippen molar-refractivity contribution in [2.75, 3.05) is 6.61 Å². The Balaban J connectivity index is 2.46. The predicted octanol–water partition coefficient (Wildman–Crippen LogP) is 7.39. The summed E-state index contributed by atoms with van der Waals surface area (Å²) in [7, 11) is 0. The zero-order valence-electron chi connectivity index (χ0n) is 15.7. The molecule has 1 unspecified atom stereocenters. The van der Waals surface area contributed by atoms with E-state index < -0.39 is 11.6 Å². The number of halogens is 2. The van der Waals surface area contributed by atoms with E-state index in [0.717, 1.165) is 38.5 Å². The van der Waals surface area contributed by atoms with Crippen LogP contribution in [0.5, 0.6) is 5.75 Å². The van der Waals surface area contributed by atoms with E-state index >= 15 is 0 Å². The maximum absolute atomic E-state index is 14.3. The minimum atomic E-state index is -0.833. The molecule has 1 aromatic rings. The topological polar surface area (TPSA) is 9.23 Å². The van der Waals surface area contributed by atoms with Crippen molar-refractivity contribution in [2.45, 2.75) is 90.9 Å². The second-order valence-electron chi connectivity index (χ2n) is 6.79. The lowest BCUT2D eigenvalue weighted by molar-refractivity contribution is 0.284. The largest absolute Gasteiger partial charge is 0.490 e. The van der Waals surface area contributed by atoms with Crippen molar-refractivity contribution in [2.24, 2.45) is 0 Å². The fourth-order valence-electron chi connectivity index (χ4n) is 2.96. The summed E-state index contributed by atoms with van der Waals surface area (Å²) in [5.74, 6) is -1.48. The van der Waals surface area contributed by atoms with Gasteiger partial charge in [-0.2, -0.15) is 4.39 Å². The molecular formula is C21H34F2O. The van der Waals surface area contributed by atoms with Gasteiger partial charge in [-0.15, -0.1) is 0 Å². The van der Waals surface area contributed by atoms with Crippen LogP contribution in [-0.4, -0.2) is 6.61 Å². The van der Waals surface area contributed by atoms with Gasteiger partial charge in [-0.1, -0.05) is 78.2 Å². The highest BCUT2D eigenvalue weighted by Gasteiger charge is 2.18. The molecule has 1 atom stereocenters. The molecule has 0 aliphatic carbocycles. The molecular weight excluding hydrogens is 306 g/mol. The minimum absolute atomic E-state index is 0.0404. The van der Waals surface area contributed by atoms with Gasteiger partial charge >= 0.3 is 0 Å². The summed E-state index contributed by atoms with van der Waals surface area (Å²) < 4.78 is 33.9. The van der Waals surface area contributed by atoms with Crippen LogP contribution in [0.15, 0.2) is 12.1 Å². The Kier molecular flexibility index (Phi) is 10.7. The van der Waals surface area contributed by atoms with Gasteiger partial charge in [0.05, 0.1) is 6.61 Å². The third-order valence-corrected chi connectivity index (χ3v) is 4.60. The first kappa shape index (κ1) is 20.9. The number of benzene rings is 1. The van der Waals surface area contributed by atoms with Crippen molar-refractivity contribution in [1.29, 1.82) is 0 Å². The monoisotopic (exact) mass is 340 g/mol. The van der Waals surface area contributed by atoms with Crippen LogP contribution >= 0.6 is 0 Å². The Labute approximate surface area is 146 Å². The van der Waals surface area contributed by atoms with E-state index in [1.165, 1.54) is 25.7 Å². The second-order valence-corrected chi connectivity index (χ2v) is 6.79. The molecule has 24 heavy (non-hydrogen) atoms. The molecule has 0 spiro atoms. The molecule has 138 valence electrons. The van der Waals surface area contributed by atoms with Crippen molar-refractivity contribution in [3.05, 3.63) is 29.3 Å². The Morgan fingerprint density at radius 3 is 2.17 bits per heavy atom. The molecule has 1 rings (SSSR count). The highest BCUT2D eigenvalue weighted by atomic mass is 19.2. The van der Waals surface area contributed by atoms with E-state index in [1.54, 1.807) is 12.1 Å². The lowest BCUT2D eigenvalue weighted by Gasteiger charge is -2.15. The number of rotatable bonds is 13. The van der Waals surface area contributed by atoms with Gasteiger partial charge in [0.1, 0.15) is 0 Å². The summed E-state index contributed by atoms with van der Waals surface area (Å²) in [6.45, 7) is 6.74. The third kappa shape index (κ3) is 7.19. The molecule has 0 amide bonds. The standard InChI is InChI=1S/C21H34F2O/c1-4-6-8-9-10-12-16-24-19-15-14-18(20(22)21(19)23)17(3)13-11-7-5-2/h14-15,17H,4-13,16H2,1-3H3. The number of ether oxygens (including phenoxy) is 1. The molecule has 0 aliphatic rings. The van der Waals surface area contributed by atoms with Crippen LogP contribution in [0.3, 0.4) is 0 Å². The summed E-state index contributed by atoms with van der Waals surface area (Å²) in [5, 5.41) is 0. The minimum Gasteiger partial charge on any atom is -0.490 e. The summed E-state index contributed by atoms with van der Waals surface area (Å²) in [4.78, 5) is 0. The Bertz CT molecular complexity index is 459. The zero-order chi connectivity index (χ0) is 17.8. The molecule has 0 N–H and O–H groups in total. The van der Waals surface area contributed by atoms with Gasteiger partial charge in [-0.05, 0) is 30.4 Å². The number of hydrogen-bond donors (Lipinski definition) is 0. The van der Waals surface area contributed by atoms with E-state index in [2.05, 4.69) is 13.8 Å². The maximum Gasteiger partial charge on any atom is 0.200 e. The van der Waals surface area contributed by atoms with Crippen molar-refractivity contribution >= 4 is 0 Å². The summed E-state index contributed by atoms with van der Waals surface area (Å²) in [6.07, 6.45) is 11.1. The fourth-order valence-corrected chi connectivity index (χ4v) is 2.96. The SMILES string of the molecule is CCCCCCCCOc1ccc(C(C)CCCCC)c(F)c1F. The number of hydrogen-bond acceptors (Lipinski definition) is 1. The molecule has 0 fully saturated rings. The summed E-state index contributed by atoms with van der Waals surface area (Å²) >= 11 is 0. The van der Waals surface area contributed by atoms with Gasteiger partial charge in [0.15, 0.2) is 11.6 Å². The summed E-state index contributed by atoms with van der Waals surface area (Å²) in [5.41, 5.74) is 0.468. The van der Waals surface area contributed by atoms with E-state index in [-0.39, 0.29) is 11.7 Å². The first-order valence-corrected chi connectivity index (χ1v) is 9.72. The van der Waals surface area contributed by atoms with Crippen molar-refractivity contribution < 1.29 is 13.5 Å². The van der Waals surface area contributed by atoms with Gasteiger partial charge in [0.2, 0.25) is 5.82 Å². The molecule has 0 radical (unpaired) electrons. The molecule has 0 bridgehead atoms. The third-order valence-electron chi connectivity index (χ3n) is 4.60. The molecule has 1 aromatic carbocycles. The zero-order valence-corrected chi connectivity index (χ0v) is 15.7. The van der Waals surface area contributed by atoms with Crippen LogP contribution in [0, 0.1) is 11.6 Å². The average Bonchev–Trinajstić information content (AvgIpc) is 2.58. The van der Waals surface area contributed by atoms with E-state index in [4.69, 9.17) is 4.74 Å². The van der Waals surface area contributed by atoms with E-state index in [9.17, 15) is 8.78 Å². The van der Waals surface area contributed by atoms with Crippen molar-refractivity contribution in [1.82, 2.24) is 0 Å². The molecule has 3 heteroatoms. The molecule has 0 saturated carbocycles. The summed E-state index contributed by atoms with van der Waals surface area (Å²) in [6, 6.07) is 3.27. The molecule has 1 nitrogen and oxygen atoms in total. The van der Waals surface area contributed by atoms with Crippen LogP contribution in [0.25, 0.3) is 0 Å². The smallest absolute Gasteiger partial charge is 0.200 e. The van der Waals surface area contributed by atoms with Crippen LogP contribution < -0.4 is 4.74 Å². The molecule has 0 aliphatic heterocycles. The van der Waals surface area contributed by atoms with Crippen LogP contribution in [0.4, 0.5) is 8.78 Å². The van der Waals surface area contributed by atoms with Gasteiger partial charge in [-0.25, -0.2) is 4.39 Å². The molecule has 0 saturated heterocycles. The van der Waals surface area contributed by atoms with Crippen molar-refractivity contribution in [3.63, 3.8) is 0 Å². The lowest BCUT2D eigenvalue weighted by Crippen LogP contribution is -2.05. The highest BCUT2D eigenvalue weighted by molar-refractivity contribution is 5.32. The van der Waals surface area contributed by atoms with Crippen molar-refractivity contribution in [3.8, 4) is 5.75 Å². The highest BCUT2D eigenvalue weighted by Crippen LogP contribution is 2.30. The van der Waals surface area contributed by atoms with Crippen LogP contribution in [0.2, 0.25) is 0 Å². The molecule has 0 heterocycles. The van der Waals surface area contributed by atoms with E-state index in [0.29, 0.717) is 12.2 Å². The normalized spacial score (nSPS) is 12.4. The van der Waals surface area contributed by atoms with Gasteiger partial charge < -0.3 is 4.74 Å². The predicted molar refractivity (Wildman–Crippen MR) is 97.8 cm³/mol. The maximum atomic E-state index is 14.3. The fraction of sp³-hybridized carbons (Fsp3) is 0.714. The second kappa shape index (κ2) is 12.3. The first-order valence-electron chi connectivity index (χ1n) is 9.72. The van der Waals surface area contributed by atoms with Crippen LogP contribution in [-0.2, 0) is 0 Å². The average molecular weight is 340 g/mol. The Hall–Kier alpha value is -1.12. The van der Waals surface area contributed by atoms with Crippen LogP contribution in [0.1, 0.15) is 96.5 Å². The molecule has 0 aromatic heterocycles. The van der Waals surface area contributed by atoms with Gasteiger partial charge in [0, 0.05) is 0 Å². The number of unbranched alkanes of at least 4 members (excludes halogenated alkanes) is 7. The van der Waals surface area contributed by atoms with E-state index in [1.807, 2.05) is 6.92 Å². The first-order chi connectivity index (χ1) is 11.6. The van der Waals surface area contributed by atoms with Gasteiger partial charge in [0.25, 0.3) is 0 Å².